The van der Waals surface area contributed by atoms with E-state index in [0.717, 1.165) is 0 Å². The van der Waals surface area contributed by atoms with E-state index in [0.29, 0.717) is 17.8 Å². The Labute approximate surface area is 117 Å². The van der Waals surface area contributed by atoms with E-state index < -0.39 is 11.7 Å². The van der Waals surface area contributed by atoms with Crippen LogP contribution in [0.2, 0.25) is 10.0 Å². The van der Waals surface area contributed by atoms with Gasteiger partial charge in [-0.15, -0.1) is 0 Å². The predicted molar refractivity (Wildman–Crippen MR) is 67.0 cm³/mol. The summed E-state index contributed by atoms with van der Waals surface area (Å²) >= 11 is 11.4. The maximum Gasteiger partial charge on any atom is 0.416 e. The summed E-state index contributed by atoms with van der Waals surface area (Å²) in [4.78, 5) is 0. The fourth-order valence-electron chi connectivity index (χ4n) is 1.19. The molecule has 0 aliphatic rings. The molecule has 0 spiro atoms. The Morgan fingerprint density at radius 3 is 2.16 bits per heavy atom. The van der Waals surface area contributed by atoms with Crippen molar-refractivity contribution in [3.05, 3.63) is 39.5 Å². The Morgan fingerprint density at radius 2 is 1.79 bits per heavy atom. The smallest absolute Gasteiger partial charge is 0.402 e. The quantitative estimate of drug-likeness (QED) is 0.650. The third kappa shape index (κ3) is 4.33. The summed E-state index contributed by atoms with van der Waals surface area (Å²) in [5.41, 5.74) is 4.75. The zero-order valence-electron chi connectivity index (χ0n) is 9.68. The van der Waals surface area contributed by atoms with E-state index >= 15 is 0 Å². The van der Waals surface area contributed by atoms with Crippen molar-refractivity contribution in [1.82, 2.24) is 0 Å². The van der Waals surface area contributed by atoms with Gasteiger partial charge in [0.15, 0.2) is 5.75 Å². The second-order valence-electron chi connectivity index (χ2n) is 3.66. The normalized spacial score (nSPS) is 12.4. The molecule has 1 aromatic carbocycles. The van der Waals surface area contributed by atoms with Gasteiger partial charge in [0, 0.05) is 5.70 Å². The standard InChI is InChI=1S/C11H9Cl2F3N2O/c1-5(17)2-9(18)19-10-7(12)3-6(4-8(10)13)11(14,15)16/h2-4,18H,17H2,1H3/p+1/b5-2-,18-9?. The van der Waals surface area contributed by atoms with Crippen molar-refractivity contribution in [2.24, 2.45) is 5.73 Å². The molecule has 0 atom stereocenters. The van der Waals surface area contributed by atoms with Gasteiger partial charge in [-0.2, -0.15) is 13.2 Å². The lowest BCUT2D eigenvalue weighted by atomic mass is 10.2. The van der Waals surface area contributed by atoms with Crippen LogP contribution in [0.25, 0.3) is 0 Å². The van der Waals surface area contributed by atoms with Gasteiger partial charge in [-0.3, -0.25) is 0 Å². The number of alkyl halides is 3. The molecule has 0 bridgehead atoms. The third-order valence-electron chi connectivity index (χ3n) is 1.92. The highest BCUT2D eigenvalue weighted by molar-refractivity contribution is 6.37. The number of benzene rings is 1. The molecule has 104 valence electrons. The fourth-order valence-corrected chi connectivity index (χ4v) is 1.76. The van der Waals surface area contributed by atoms with Crippen molar-refractivity contribution in [3.63, 3.8) is 0 Å². The maximum atomic E-state index is 12.5. The predicted octanol–water partition coefficient (Wildman–Crippen LogP) is 2.41. The van der Waals surface area contributed by atoms with E-state index in [4.69, 9.17) is 39.1 Å². The van der Waals surface area contributed by atoms with E-state index in [2.05, 4.69) is 0 Å². The van der Waals surface area contributed by atoms with Crippen molar-refractivity contribution in [2.45, 2.75) is 13.1 Å². The van der Waals surface area contributed by atoms with Crippen LogP contribution in [-0.2, 0) is 6.18 Å². The van der Waals surface area contributed by atoms with Gasteiger partial charge in [-0.1, -0.05) is 23.2 Å². The lowest BCUT2D eigenvalue weighted by Gasteiger charge is -2.11. The Bertz CT molecular complexity index is 514. The number of rotatable bonds is 2. The molecule has 1 rings (SSSR count). The van der Waals surface area contributed by atoms with Gasteiger partial charge in [0.25, 0.3) is 0 Å². The van der Waals surface area contributed by atoms with Crippen LogP contribution in [0.4, 0.5) is 13.2 Å². The van der Waals surface area contributed by atoms with Crippen LogP contribution in [0.15, 0.2) is 23.9 Å². The minimum Gasteiger partial charge on any atom is -0.402 e. The molecule has 0 aliphatic heterocycles. The molecule has 0 fully saturated rings. The van der Waals surface area contributed by atoms with Gasteiger partial charge < -0.3 is 10.5 Å². The van der Waals surface area contributed by atoms with E-state index in [1.165, 1.54) is 6.08 Å². The first-order chi connectivity index (χ1) is 8.61. The monoisotopic (exact) mass is 313 g/mol. The van der Waals surface area contributed by atoms with Crippen molar-refractivity contribution in [2.75, 3.05) is 0 Å². The van der Waals surface area contributed by atoms with Gasteiger partial charge >= 0.3 is 12.1 Å². The summed E-state index contributed by atoms with van der Waals surface area (Å²) in [6.45, 7) is 1.56. The number of halogens is 5. The summed E-state index contributed by atoms with van der Waals surface area (Å²) < 4.78 is 42.6. The Morgan fingerprint density at radius 1 is 1.32 bits per heavy atom. The first kappa shape index (κ1) is 15.7. The highest BCUT2D eigenvalue weighted by atomic mass is 35.5. The molecule has 0 radical (unpaired) electrons. The minimum atomic E-state index is -4.55. The summed E-state index contributed by atoms with van der Waals surface area (Å²) in [7, 11) is 0. The first-order valence-electron chi connectivity index (χ1n) is 4.91. The Hall–Kier alpha value is -1.40. The number of nitrogens with two attached hydrogens (primary N) is 2. The van der Waals surface area contributed by atoms with Crippen LogP contribution >= 0.6 is 23.2 Å². The van der Waals surface area contributed by atoms with Gasteiger partial charge in [0.05, 0.1) is 21.7 Å². The van der Waals surface area contributed by atoms with Crippen LogP contribution < -0.4 is 15.9 Å². The summed E-state index contributed by atoms with van der Waals surface area (Å²) in [5, 5.41) is 4.87. The van der Waals surface area contributed by atoms with Gasteiger partial charge in [-0.25, -0.2) is 5.41 Å². The average Bonchev–Trinajstić information content (AvgIpc) is 2.20. The molecule has 8 heteroatoms. The number of hydrogen-bond donors (Lipinski definition) is 2. The molecule has 4 N–H and O–H groups in total. The van der Waals surface area contributed by atoms with Crippen molar-refractivity contribution >= 4 is 29.1 Å². The zero-order valence-corrected chi connectivity index (χ0v) is 11.2. The second kappa shape index (κ2) is 5.71. The van der Waals surface area contributed by atoms with Crippen LogP contribution in [0.5, 0.6) is 5.75 Å². The van der Waals surface area contributed by atoms with E-state index in [-0.39, 0.29) is 21.7 Å². The second-order valence-corrected chi connectivity index (χ2v) is 4.47. The molecule has 0 aliphatic carbocycles. The molecule has 0 aromatic heterocycles. The minimum absolute atomic E-state index is 0.136. The summed E-state index contributed by atoms with van der Waals surface area (Å²) in [5.74, 6) is -0.296. The number of ether oxygens (including phenoxy) is 1. The molecular weight excluding hydrogens is 304 g/mol. The van der Waals surface area contributed by atoms with Crippen LogP contribution in [0, 0.1) is 0 Å². The van der Waals surface area contributed by atoms with Gasteiger partial charge in [0.1, 0.15) is 0 Å². The fraction of sp³-hybridized carbons (Fsp3) is 0.182. The van der Waals surface area contributed by atoms with E-state index in [1.54, 1.807) is 6.92 Å². The van der Waals surface area contributed by atoms with Gasteiger partial charge in [-0.05, 0) is 19.1 Å². The van der Waals surface area contributed by atoms with E-state index in [9.17, 15) is 13.2 Å². The third-order valence-corrected chi connectivity index (χ3v) is 2.48. The lowest BCUT2D eigenvalue weighted by Crippen LogP contribution is -2.42. The first-order valence-corrected chi connectivity index (χ1v) is 5.67. The SMILES string of the molecule is C/C(N)=C/C(=[NH2+])Oc1c(Cl)cc(C(F)(F)F)cc1Cl. The Kier molecular flexibility index (Phi) is 4.70. The molecule has 0 unspecified atom stereocenters. The Balaban J connectivity index is 3.12. The molecule has 0 amide bonds. The van der Waals surface area contributed by atoms with E-state index in [1.807, 2.05) is 0 Å². The maximum absolute atomic E-state index is 12.5. The average molecular weight is 314 g/mol. The molecular formula is C11H10Cl2F3N2O+. The highest BCUT2D eigenvalue weighted by Crippen LogP contribution is 2.39. The summed E-state index contributed by atoms with van der Waals surface area (Å²) in [6.07, 6.45) is -3.26. The van der Waals surface area contributed by atoms with Crippen LogP contribution in [0.3, 0.4) is 0 Å². The highest BCUT2D eigenvalue weighted by Gasteiger charge is 2.32. The van der Waals surface area contributed by atoms with Crippen LogP contribution in [0.1, 0.15) is 12.5 Å². The molecule has 3 nitrogen and oxygen atoms in total. The van der Waals surface area contributed by atoms with Crippen LogP contribution in [-0.4, -0.2) is 5.90 Å². The largest absolute Gasteiger partial charge is 0.416 e. The van der Waals surface area contributed by atoms with Crippen molar-refractivity contribution in [1.29, 1.82) is 0 Å². The lowest BCUT2D eigenvalue weighted by molar-refractivity contribution is -0.137. The van der Waals surface area contributed by atoms with Gasteiger partial charge in [0.2, 0.25) is 0 Å². The molecule has 0 heterocycles. The zero-order chi connectivity index (χ0) is 14.8. The molecule has 0 saturated heterocycles. The molecule has 1 aromatic rings. The number of allylic oxidation sites excluding steroid dienone is 1. The molecule has 19 heavy (non-hydrogen) atoms. The summed E-state index contributed by atoms with van der Waals surface area (Å²) in [6, 6.07) is 1.41. The van der Waals surface area contributed by atoms with Crippen molar-refractivity contribution < 1.29 is 23.3 Å². The number of hydrogen-bond acceptors (Lipinski definition) is 2. The van der Waals surface area contributed by atoms with Crippen molar-refractivity contribution in [3.8, 4) is 5.75 Å². The topological polar surface area (TPSA) is 60.8 Å². The molecule has 0 saturated carbocycles.